The van der Waals surface area contributed by atoms with Crippen molar-refractivity contribution in [2.24, 2.45) is 5.92 Å². The van der Waals surface area contributed by atoms with Gasteiger partial charge in [-0.05, 0) is 19.8 Å². The highest BCUT2D eigenvalue weighted by molar-refractivity contribution is 6.31. The number of nitrogens with zero attached hydrogens (tertiary/aromatic N) is 2. The molecule has 1 rings (SSSR count). The number of hydrogen-bond donors (Lipinski definition) is 0. The number of alkyl halides is 1. The Bertz CT molecular complexity index is 294. The molecule has 2 nitrogen and oxygen atoms in total. The molecule has 1 heterocycles. The summed E-state index contributed by atoms with van der Waals surface area (Å²) in [5.74, 6) is 1.08. The lowest BCUT2D eigenvalue weighted by Crippen LogP contribution is -2.11. The topological polar surface area (TPSA) is 17.8 Å². The molecule has 0 saturated carbocycles. The molecule has 1 atom stereocenters. The molecule has 0 spiro atoms. The van der Waals surface area contributed by atoms with Gasteiger partial charge in [0.25, 0.3) is 0 Å². The average Bonchev–Trinajstić information content (AvgIpc) is 2.34. The van der Waals surface area contributed by atoms with Gasteiger partial charge in [0.05, 0.1) is 16.4 Å². The van der Waals surface area contributed by atoms with E-state index in [0.717, 1.165) is 23.0 Å². The first kappa shape index (κ1) is 10.9. The third-order valence-electron chi connectivity index (χ3n) is 2.04. The minimum atomic E-state index is 0.427. The maximum absolute atomic E-state index is 6.01. The Labute approximate surface area is 88.8 Å². The van der Waals surface area contributed by atoms with Gasteiger partial charge in [0.2, 0.25) is 0 Å². The smallest absolute Gasteiger partial charge is 0.0844 e. The Morgan fingerprint density at radius 3 is 2.46 bits per heavy atom. The first-order valence-corrected chi connectivity index (χ1v) is 5.23. The lowest BCUT2D eigenvalue weighted by Gasteiger charge is -2.08. The van der Waals surface area contributed by atoms with E-state index in [9.17, 15) is 0 Å². The molecule has 0 aliphatic heterocycles. The van der Waals surface area contributed by atoms with E-state index in [-0.39, 0.29) is 0 Å². The molecule has 1 unspecified atom stereocenters. The summed E-state index contributed by atoms with van der Waals surface area (Å²) < 4.78 is 1.92. The van der Waals surface area contributed by atoms with Crippen molar-refractivity contribution in [2.75, 3.05) is 5.88 Å². The van der Waals surface area contributed by atoms with Gasteiger partial charge in [-0.15, -0.1) is 11.6 Å². The second kappa shape index (κ2) is 4.34. The number of hydrogen-bond acceptors (Lipinski definition) is 1. The lowest BCUT2D eigenvalue weighted by molar-refractivity contribution is 0.477. The molecular weight excluding hydrogens is 207 g/mol. The monoisotopic (exact) mass is 220 g/mol. The highest BCUT2D eigenvalue weighted by atomic mass is 35.5. The van der Waals surface area contributed by atoms with Gasteiger partial charge in [-0.25, -0.2) is 0 Å². The minimum absolute atomic E-state index is 0.427. The van der Waals surface area contributed by atoms with Crippen molar-refractivity contribution >= 4 is 23.2 Å². The van der Waals surface area contributed by atoms with Crippen molar-refractivity contribution in [3.63, 3.8) is 0 Å². The summed E-state index contributed by atoms with van der Waals surface area (Å²) >= 11 is 11.7. The molecule has 0 saturated heterocycles. The fraction of sp³-hybridized carbons (Fsp3) is 0.667. The van der Waals surface area contributed by atoms with Gasteiger partial charge in [-0.2, -0.15) is 5.10 Å². The molecule has 0 aliphatic rings. The van der Waals surface area contributed by atoms with Crippen LogP contribution in [0.25, 0.3) is 0 Å². The van der Waals surface area contributed by atoms with Crippen LogP contribution in [0.15, 0.2) is 0 Å². The molecule has 0 fully saturated rings. The number of halogens is 2. The van der Waals surface area contributed by atoms with Gasteiger partial charge in [0.1, 0.15) is 0 Å². The summed E-state index contributed by atoms with van der Waals surface area (Å²) in [6, 6.07) is 0. The third kappa shape index (κ3) is 2.38. The second-order valence-electron chi connectivity index (χ2n) is 3.43. The molecule has 0 N–H and O–H groups in total. The molecule has 0 aromatic carbocycles. The van der Waals surface area contributed by atoms with E-state index >= 15 is 0 Å². The van der Waals surface area contributed by atoms with Crippen molar-refractivity contribution in [3.05, 3.63) is 16.4 Å². The maximum atomic E-state index is 6.01. The van der Waals surface area contributed by atoms with E-state index in [1.807, 2.05) is 18.5 Å². The summed E-state index contributed by atoms with van der Waals surface area (Å²) in [6.45, 7) is 6.82. The van der Waals surface area contributed by atoms with Gasteiger partial charge in [0, 0.05) is 12.4 Å². The summed E-state index contributed by atoms with van der Waals surface area (Å²) in [4.78, 5) is 0. The van der Waals surface area contributed by atoms with Gasteiger partial charge in [0.15, 0.2) is 0 Å². The maximum Gasteiger partial charge on any atom is 0.0844 e. The Kier molecular flexibility index (Phi) is 3.63. The summed E-state index contributed by atoms with van der Waals surface area (Å²) in [5.41, 5.74) is 1.91. The Morgan fingerprint density at radius 1 is 1.46 bits per heavy atom. The SMILES string of the molecule is Cc1nn(CC(C)CCl)c(C)c1Cl. The highest BCUT2D eigenvalue weighted by Crippen LogP contribution is 2.19. The molecule has 0 bridgehead atoms. The van der Waals surface area contributed by atoms with E-state index < -0.39 is 0 Å². The van der Waals surface area contributed by atoms with Crippen LogP contribution in [0.3, 0.4) is 0 Å². The summed E-state index contributed by atoms with van der Waals surface area (Å²) in [6.07, 6.45) is 0. The molecule has 13 heavy (non-hydrogen) atoms. The molecule has 0 amide bonds. The molecule has 1 aromatic rings. The van der Waals surface area contributed by atoms with Crippen molar-refractivity contribution in [2.45, 2.75) is 27.3 Å². The Balaban J connectivity index is 2.83. The van der Waals surface area contributed by atoms with Crippen LogP contribution in [0, 0.1) is 19.8 Å². The van der Waals surface area contributed by atoms with Gasteiger partial charge in [-0.1, -0.05) is 18.5 Å². The largest absolute Gasteiger partial charge is 0.268 e. The van der Waals surface area contributed by atoms with E-state index in [1.165, 1.54) is 0 Å². The van der Waals surface area contributed by atoms with Gasteiger partial charge >= 0.3 is 0 Å². The number of aromatic nitrogens is 2. The molecule has 0 aliphatic carbocycles. The van der Waals surface area contributed by atoms with E-state index in [2.05, 4.69) is 12.0 Å². The standard InChI is InChI=1S/C9H14Cl2N2/c1-6(4-10)5-13-8(3)9(11)7(2)12-13/h6H,4-5H2,1-3H3. The quantitative estimate of drug-likeness (QED) is 0.717. The minimum Gasteiger partial charge on any atom is -0.268 e. The van der Waals surface area contributed by atoms with Crippen LogP contribution < -0.4 is 0 Å². The zero-order chi connectivity index (χ0) is 10.0. The fourth-order valence-electron chi connectivity index (χ4n) is 1.20. The first-order valence-electron chi connectivity index (χ1n) is 4.31. The van der Waals surface area contributed by atoms with Gasteiger partial charge < -0.3 is 0 Å². The van der Waals surface area contributed by atoms with Crippen molar-refractivity contribution in [1.82, 2.24) is 9.78 Å². The van der Waals surface area contributed by atoms with Crippen LogP contribution >= 0.6 is 23.2 Å². The zero-order valence-electron chi connectivity index (χ0n) is 8.14. The van der Waals surface area contributed by atoms with Crippen LogP contribution in [0.5, 0.6) is 0 Å². The van der Waals surface area contributed by atoms with Crippen LogP contribution in [-0.2, 0) is 6.54 Å². The predicted octanol–water partition coefficient (Wildman–Crippen LogP) is 3.03. The van der Waals surface area contributed by atoms with E-state index in [4.69, 9.17) is 23.2 Å². The second-order valence-corrected chi connectivity index (χ2v) is 4.11. The first-order chi connectivity index (χ1) is 6.06. The van der Waals surface area contributed by atoms with E-state index in [1.54, 1.807) is 0 Å². The fourth-order valence-corrected chi connectivity index (χ4v) is 1.43. The highest BCUT2D eigenvalue weighted by Gasteiger charge is 2.10. The lowest BCUT2D eigenvalue weighted by atomic mass is 10.2. The average molecular weight is 221 g/mol. The molecule has 1 aromatic heterocycles. The summed E-state index contributed by atoms with van der Waals surface area (Å²) in [5, 5.41) is 5.09. The number of aryl methyl sites for hydroxylation is 1. The van der Waals surface area contributed by atoms with Crippen LogP contribution in [0.2, 0.25) is 5.02 Å². The van der Waals surface area contributed by atoms with Crippen LogP contribution in [-0.4, -0.2) is 15.7 Å². The molecule has 74 valence electrons. The zero-order valence-corrected chi connectivity index (χ0v) is 9.65. The Morgan fingerprint density at radius 2 is 2.08 bits per heavy atom. The van der Waals surface area contributed by atoms with E-state index in [0.29, 0.717) is 11.8 Å². The van der Waals surface area contributed by atoms with Crippen LogP contribution in [0.4, 0.5) is 0 Å². The normalized spacial score (nSPS) is 13.3. The third-order valence-corrected chi connectivity index (χ3v) is 3.12. The predicted molar refractivity (Wildman–Crippen MR) is 56.6 cm³/mol. The number of rotatable bonds is 3. The van der Waals surface area contributed by atoms with Crippen molar-refractivity contribution in [3.8, 4) is 0 Å². The molecule has 4 heteroatoms. The molecule has 0 radical (unpaired) electrons. The van der Waals surface area contributed by atoms with Crippen molar-refractivity contribution in [1.29, 1.82) is 0 Å². The van der Waals surface area contributed by atoms with Crippen molar-refractivity contribution < 1.29 is 0 Å². The molecular formula is C9H14Cl2N2. The summed E-state index contributed by atoms with van der Waals surface area (Å²) in [7, 11) is 0. The van der Waals surface area contributed by atoms with Gasteiger partial charge in [-0.3, -0.25) is 4.68 Å². The Hall–Kier alpha value is -0.210. The van der Waals surface area contributed by atoms with Crippen LogP contribution in [0.1, 0.15) is 18.3 Å².